The molecule has 0 saturated carbocycles. The van der Waals surface area contributed by atoms with E-state index in [0.717, 1.165) is 10.3 Å². The van der Waals surface area contributed by atoms with E-state index in [1.165, 1.54) is 11.3 Å². The maximum Gasteiger partial charge on any atom is 0.329 e. The zero-order valence-corrected chi connectivity index (χ0v) is 10.6. The van der Waals surface area contributed by atoms with Gasteiger partial charge in [0.05, 0.1) is 11.2 Å². The average Bonchev–Trinajstić information content (AvgIpc) is 2.79. The molecule has 1 N–H and O–H groups in total. The highest BCUT2D eigenvalue weighted by molar-refractivity contribution is 7.07. The Balaban J connectivity index is 2.31. The molecule has 0 aliphatic rings. The van der Waals surface area contributed by atoms with Gasteiger partial charge in [-0.1, -0.05) is 11.6 Å². The first-order valence-corrected chi connectivity index (χ1v) is 6.28. The predicted octanol–water partition coefficient (Wildman–Crippen LogP) is 1.20. The average molecular weight is 272 g/mol. The summed E-state index contributed by atoms with van der Waals surface area (Å²) < 4.78 is 1.14. The van der Waals surface area contributed by atoms with Gasteiger partial charge in [-0.05, 0) is 6.92 Å². The molecule has 0 amide bonds. The van der Waals surface area contributed by atoms with Gasteiger partial charge in [-0.15, -0.1) is 11.3 Å². The second kappa shape index (κ2) is 4.85. The van der Waals surface area contributed by atoms with Gasteiger partial charge in [0.1, 0.15) is 5.15 Å². The van der Waals surface area contributed by atoms with Crippen LogP contribution in [-0.4, -0.2) is 14.5 Å². The molecule has 2 aromatic rings. The fraction of sp³-hybridized carbons (Fsp3) is 0.300. The van der Waals surface area contributed by atoms with Gasteiger partial charge in [-0.3, -0.25) is 14.3 Å². The second-order valence-electron chi connectivity index (χ2n) is 3.56. The van der Waals surface area contributed by atoms with E-state index in [0.29, 0.717) is 18.5 Å². The van der Waals surface area contributed by atoms with Crippen LogP contribution in [0.15, 0.2) is 20.5 Å². The van der Waals surface area contributed by atoms with Crippen molar-refractivity contribution in [3.63, 3.8) is 0 Å². The Bertz CT molecular complexity index is 630. The normalized spacial score (nSPS) is 10.7. The summed E-state index contributed by atoms with van der Waals surface area (Å²) in [5.41, 5.74) is 2.10. The van der Waals surface area contributed by atoms with E-state index in [1.54, 1.807) is 12.4 Å². The second-order valence-corrected chi connectivity index (χ2v) is 4.65. The lowest BCUT2D eigenvalue weighted by Crippen LogP contribution is -2.37. The third-order valence-corrected chi connectivity index (χ3v) is 3.45. The Kier molecular flexibility index (Phi) is 3.44. The Hall–Kier alpha value is -1.40. The molecule has 0 saturated heterocycles. The molecule has 90 valence electrons. The number of aromatic nitrogens is 3. The van der Waals surface area contributed by atoms with E-state index in [4.69, 9.17) is 11.6 Å². The standard InChI is InChI=1S/C10H10ClN3O2S/c1-6-8(11)13-10(16)14(9(6)15)3-2-7-4-17-5-12-7/h4-5H,2-3H2,1H3,(H,13,16). The van der Waals surface area contributed by atoms with Gasteiger partial charge in [0.25, 0.3) is 5.56 Å². The number of hydrogen-bond acceptors (Lipinski definition) is 4. The molecule has 2 aromatic heterocycles. The van der Waals surface area contributed by atoms with Gasteiger partial charge >= 0.3 is 5.69 Å². The van der Waals surface area contributed by atoms with Gasteiger partial charge in [0.15, 0.2) is 0 Å². The van der Waals surface area contributed by atoms with Crippen molar-refractivity contribution in [2.45, 2.75) is 19.9 Å². The van der Waals surface area contributed by atoms with E-state index in [9.17, 15) is 9.59 Å². The van der Waals surface area contributed by atoms with Crippen molar-refractivity contribution in [1.29, 1.82) is 0 Å². The highest BCUT2D eigenvalue weighted by Gasteiger charge is 2.08. The molecule has 0 aliphatic heterocycles. The van der Waals surface area contributed by atoms with Crippen LogP contribution in [0.25, 0.3) is 0 Å². The van der Waals surface area contributed by atoms with Crippen molar-refractivity contribution in [3.8, 4) is 0 Å². The highest BCUT2D eigenvalue weighted by Crippen LogP contribution is 2.04. The minimum Gasteiger partial charge on any atom is -0.297 e. The van der Waals surface area contributed by atoms with Gasteiger partial charge < -0.3 is 0 Å². The first-order chi connectivity index (χ1) is 8.09. The lowest BCUT2D eigenvalue weighted by molar-refractivity contribution is 0.618. The van der Waals surface area contributed by atoms with Gasteiger partial charge in [0, 0.05) is 23.9 Å². The maximum atomic E-state index is 11.8. The van der Waals surface area contributed by atoms with E-state index >= 15 is 0 Å². The van der Waals surface area contributed by atoms with Gasteiger partial charge in [0.2, 0.25) is 0 Å². The number of nitrogens with zero attached hydrogens (tertiary/aromatic N) is 2. The molecule has 0 spiro atoms. The SMILES string of the molecule is Cc1c(Cl)[nH]c(=O)n(CCc2cscn2)c1=O. The first-order valence-electron chi connectivity index (χ1n) is 4.96. The molecule has 2 heterocycles. The molecule has 0 atom stereocenters. The number of thiazole rings is 1. The summed E-state index contributed by atoms with van der Waals surface area (Å²) in [5, 5.41) is 1.99. The molecule has 0 aliphatic carbocycles. The van der Waals surface area contributed by atoms with Crippen molar-refractivity contribution in [1.82, 2.24) is 14.5 Å². The smallest absolute Gasteiger partial charge is 0.297 e. The Morgan fingerprint density at radius 2 is 2.29 bits per heavy atom. The lowest BCUT2D eigenvalue weighted by atomic mass is 10.3. The van der Waals surface area contributed by atoms with Crippen LogP contribution in [0.5, 0.6) is 0 Å². The quantitative estimate of drug-likeness (QED) is 0.853. The van der Waals surface area contributed by atoms with Crippen LogP contribution in [0.1, 0.15) is 11.3 Å². The van der Waals surface area contributed by atoms with Crippen LogP contribution >= 0.6 is 22.9 Å². The van der Waals surface area contributed by atoms with Gasteiger partial charge in [-0.2, -0.15) is 0 Å². The largest absolute Gasteiger partial charge is 0.329 e. The van der Waals surface area contributed by atoms with E-state index in [2.05, 4.69) is 9.97 Å². The number of hydrogen-bond donors (Lipinski definition) is 1. The lowest BCUT2D eigenvalue weighted by Gasteiger charge is -2.05. The number of halogens is 1. The van der Waals surface area contributed by atoms with Crippen molar-refractivity contribution >= 4 is 22.9 Å². The number of aromatic amines is 1. The summed E-state index contributed by atoms with van der Waals surface area (Å²) in [5.74, 6) is 0. The van der Waals surface area contributed by atoms with E-state index in [-0.39, 0.29) is 10.7 Å². The Morgan fingerprint density at radius 1 is 1.53 bits per heavy atom. The molecule has 0 aromatic carbocycles. The Labute approximate surface area is 106 Å². The molecular formula is C10H10ClN3O2S. The Morgan fingerprint density at radius 3 is 2.94 bits per heavy atom. The van der Waals surface area contributed by atoms with Gasteiger partial charge in [-0.25, -0.2) is 9.78 Å². The molecule has 0 fully saturated rings. The minimum absolute atomic E-state index is 0.102. The molecular weight excluding hydrogens is 262 g/mol. The summed E-state index contributed by atoms with van der Waals surface area (Å²) in [6.45, 7) is 1.88. The molecule has 0 unspecified atom stereocenters. The van der Waals surface area contributed by atoms with Crippen LogP contribution in [0.3, 0.4) is 0 Å². The van der Waals surface area contributed by atoms with Crippen molar-refractivity contribution in [2.24, 2.45) is 0 Å². The topological polar surface area (TPSA) is 67.8 Å². The summed E-state index contributed by atoms with van der Waals surface area (Å²) in [7, 11) is 0. The number of rotatable bonds is 3. The molecule has 17 heavy (non-hydrogen) atoms. The minimum atomic E-state index is -0.485. The number of nitrogens with one attached hydrogen (secondary N) is 1. The molecule has 7 heteroatoms. The summed E-state index contributed by atoms with van der Waals surface area (Å²) in [4.78, 5) is 29.9. The van der Waals surface area contributed by atoms with Crippen molar-refractivity contribution in [2.75, 3.05) is 0 Å². The molecule has 0 radical (unpaired) electrons. The van der Waals surface area contributed by atoms with Crippen LogP contribution < -0.4 is 11.2 Å². The number of H-pyrrole nitrogens is 1. The van der Waals surface area contributed by atoms with E-state index < -0.39 is 5.69 Å². The fourth-order valence-electron chi connectivity index (χ4n) is 1.43. The molecule has 2 rings (SSSR count). The zero-order valence-electron chi connectivity index (χ0n) is 9.07. The maximum absolute atomic E-state index is 11.8. The van der Waals surface area contributed by atoms with Crippen molar-refractivity contribution < 1.29 is 0 Å². The highest BCUT2D eigenvalue weighted by atomic mass is 35.5. The van der Waals surface area contributed by atoms with Crippen LogP contribution in [0.2, 0.25) is 5.15 Å². The number of aryl methyl sites for hydroxylation is 1. The van der Waals surface area contributed by atoms with Crippen LogP contribution in [-0.2, 0) is 13.0 Å². The van der Waals surface area contributed by atoms with E-state index in [1.807, 2.05) is 5.38 Å². The zero-order chi connectivity index (χ0) is 12.4. The summed E-state index contributed by atoms with van der Waals surface area (Å²) in [6.07, 6.45) is 0.549. The third-order valence-electron chi connectivity index (χ3n) is 2.43. The van der Waals surface area contributed by atoms with Crippen LogP contribution in [0.4, 0.5) is 0 Å². The first kappa shape index (κ1) is 12.1. The van der Waals surface area contributed by atoms with Crippen molar-refractivity contribution in [3.05, 3.63) is 48.1 Å². The fourth-order valence-corrected chi connectivity index (χ4v) is 2.19. The summed E-state index contributed by atoms with van der Waals surface area (Å²) in [6, 6.07) is 0. The monoisotopic (exact) mass is 271 g/mol. The predicted molar refractivity (Wildman–Crippen MR) is 66.9 cm³/mol. The molecule has 5 nitrogen and oxygen atoms in total. The third kappa shape index (κ3) is 2.48. The van der Waals surface area contributed by atoms with Crippen LogP contribution in [0, 0.1) is 6.92 Å². The molecule has 0 bridgehead atoms. The summed E-state index contributed by atoms with van der Waals surface area (Å²) >= 11 is 7.19.